The van der Waals surface area contributed by atoms with E-state index in [0.717, 1.165) is 18.2 Å². The normalized spacial score (nSPS) is 16.2. The third-order valence-electron chi connectivity index (χ3n) is 6.48. The van der Waals surface area contributed by atoms with Gasteiger partial charge >= 0.3 is 6.18 Å². The van der Waals surface area contributed by atoms with Crippen LogP contribution in [-0.2, 0) is 16.2 Å². The topological polar surface area (TPSA) is 71.4 Å². The number of aliphatic imine (C=N–C) groups is 1. The number of halogens is 4. The van der Waals surface area contributed by atoms with Crippen LogP contribution >= 0.6 is 0 Å². The lowest BCUT2D eigenvalue weighted by molar-refractivity contribution is -0.137. The van der Waals surface area contributed by atoms with Gasteiger partial charge in [0.2, 0.25) is 10.0 Å². The van der Waals surface area contributed by atoms with Crippen molar-refractivity contribution in [2.75, 3.05) is 33.3 Å². The molecule has 0 amide bonds. The first-order valence-corrected chi connectivity index (χ1v) is 13.1. The number of fused-ring (bicyclic) bond motifs is 2. The van der Waals surface area contributed by atoms with Gasteiger partial charge in [-0.3, -0.25) is 0 Å². The van der Waals surface area contributed by atoms with E-state index in [0.29, 0.717) is 28.5 Å². The molecular formula is C26H23F4N3O4S. The number of aryl methyl sites for hydroxylation is 1. The first-order chi connectivity index (χ1) is 18.0. The molecule has 1 saturated heterocycles. The van der Waals surface area contributed by atoms with Crippen LogP contribution in [0.5, 0.6) is 17.2 Å². The van der Waals surface area contributed by atoms with E-state index in [-0.39, 0.29) is 42.5 Å². The molecule has 0 spiro atoms. The lowest BCUT2D eigenvalue weighted by Crippen LogP contribution is -2.50. The molecule has 0 bridgehead atoms. The van der Waals surface area contributed by atoms with Gasteiger partial charge in [0.15, 0.2) is 5.75 Å². The second-order valence-corrected chi connectivity index (χ2v) is 10.8. The predicted octanol–water partition coefficient (Wildman–Crippen LogP) is 5.35. The quantitative estimate of drug-likeness (QED) is 0.412. The number of hydrogen-bond donors (Lipinski definition) is 0. The van der Waals surface area contributed by atoms with Crippen LogP contribution in [0.2, 0.25) is 0 Å². The van der Waals surface area contributed by atoms with E-state index in [1.54, 1.807) is 30.0 Å². The monoisotopic (exact) mass is 549 g/mol. The van der Waals surface area contributed by atoms with Gasteiger partial charge in [-0.05, 0) is 61.0 Å². The summed E-state index contributed by atoms with van der Waals surface area (Å²) < 4.78 is 93.1. The summed E-state index contributed by atoms with van der Waals surface area (Å²) in [7, 11) is -2.46. The summed E-state index contributed by atoms with van der Waals surface area (Å²) in [6.07, 6.45) is -4.57. The fourth-order valence-electron chi connectivity index (χ4n) is 4.32. The first kappa shape index (κ1) is 26.0. The molecule has 2 aliphatic rings. The van der Waals surface area contributed by atoms with Gasteiger partial charge in [0.05, 0.1) is 23.1 Å². The Morgan fingerprint density at radius 3 is 2.32 bits per heavy atom. The highest BCUT2D eigenvalue weighted by Gasteiger charge is 2.34. The Morgan fingerprint density at radius 1 is 0.947 bits per heavy atom. The number of sulfonamides is 1. The van der Waals surface area contributed by atoms with Crippen LogP contribution in [-0.4, -0.2) is 56.7 Å². The van der Waals surface area contributed by atoms with Crippen molar-refractivity contribution >= 4 is 21.5 Å². The van der Waals surface area contributed by atoms with Crippen molar-refractivity contribution in [3.05, 3.63) is 77.1 Å². The van der Waals surface area contributed by atoms with Crippen molar-refractivity contribution in [3.63, 3.8) is 0 Å². The van der Waals surface area contributed by atoms with Crippen molar-refractivity contribution in [1.82, 2.24) is 9.21 Å². The van der Waals surface area contributed by atoms with Crippen LogP contribution in [0.3, 0.4) is 0 Å². The predicted molar refractivity (Wildman–Crippen MR) is 132 cm³/mol. The second kappa shape index (κ2) is 9.59. The Hall–Kier alpha value is -3.64. The smallest absolute Gasteiger partial charge is 0.416 e. The van der Waals surface area contributed by atoms with Gasteiger partial charge in [-0.1, -0.05) is 6.07 Å². The number of rotatable bonds is 3. The minimum Gasteiger partial charge on any atom is -0.497 e. The molecule has 0 atom stereocenters. The maximum Gasteiger partial charge on any atom is 0.416 e. The lowest BCUT2D eigenvalue weighted by atomic mass is 10.1. The number of hydrogen-bond acceptors (Lipinski definition) is 6. The number of benzene rings is 3. The fourth-order valence-corrected chi connectivity index (χ4v) is 5.76. The second-order valence-electron chi connectivity index (χ2n) is 8.88. The highest BCUT2D eigenvalue weighted by atomic mass is 32.2. The Kier molecular flexibility index (Phi) is 6.56. The van der Waals surface area contributed by atoms with E-state index >= 15 is 0 Å². The van der Waals surface area contributed by atoms with E-state index < -0.39 is 27.6 Å². The average Bonchev–Trinajstić information content (AvgIpc) is 3.05. The highest BCUT2D eigenvalue weighted by molar-refractivity contribution is 7.89. The summed E-state index contributed by atoms with van der Waals surface area (Å²) in [5.74, 6) is 0.732. The molecular weight excluding hydrogens is 526 g/mol. The Labute approximate surface area is 217 Å². The number of ether oxygens (including phenoxy) is 2. The van der Waals surface area contributed by atoms with Crippen molar-refractivity contribution in [3.8, 4) is 17.2 Å². The van der Waals surface area contributed by atoms with E-state index in [1.165, 1.54) is 29.6 Å². The molecule has 1 fully saturated rings. The molecule has 0 radical (unpaired) electrons. The molecule has 0 N–H and O–H groups in total. The molecule has 3 aromatic carbocycles. The molecule has 0 aliphatic carbocycles. The van der Waals surface area contributed by atoms with Crippen LogP contribution in [0, 0.1) is 12.7 Å². The standard InChI is InChI=1S/C26H23F4N3O4S/c1-16-3-6-19(15-21(16)27)38(34,35)33-11-9-32(10-12-33)25-20-14-18(36-2)5-8-23(20)37-24-7-4-17(26(28,29)30)13-22(24)31-25/h3-8,13-15H,9-12H2,1-2H3. The molecule has 12 heteroatoms. The molecule has 0 aromatic heterocycles. The average molecular weight is 550 g/mol. The van der Waals surface area contributed by atoms with Crippen molar-refractivity contribution < 1.29 is 35.5 Å². The van der Waals surface area contributed by atoms with Crippen molar-refractivity contribution in [2.45, 2.75) is 18.0 Å². The molecule has 3 aromatic rings. The molecule has 0 saturated carbocycles. The maximum absolute atomic E-state index is 14.0. The Bertz CT molecular complexity index is 1530. The van der Waals surface area contributed by atoms with E-state index in [2.05, 4.69) is 4.99 Å². The molecule has 5 rings (SSSR count). The number of amidine groups is 1. The van der Waals surface area contributed by atoms with E-state index in [4.69, 9.17) is 9.47 Å². The van der Waals surface area contributed by atoms with Gasteiger partial charge < -0.3 is 14.4 Å². The maximum atomic E-state index is 14.0. The minimum absolute atomic E-state index is 0.00447. The zero-order chi connectivity index (χ0) is 27.2. The molecule has 200 valence electrons. The summed E-state index contributed by atoms with van der Waals surface area (Å²) in [6, 6.07) is 11.8. The summed E-state index contributed by atoms with van der Waals surface area (Å²) in [5.41, 5.74) is -0.0423. The zero-order valence-corrected chi connectivity index (χ0v) is 21.2. The minimum atomic E-state index is -4.57. The van der Waals surface area contributed by atoms with Gasteiger partial charge in [0.25, 0.3) is 0 Å². The third kappa shape index (κ3) is 4.81. The summed E-state index contributed by atoms with van der Waals surface area (Å²) in [6.45, 7) is 2.05. The SMILES string of the molecule is COc1ccc2c(c1)C(N1CCN(S(=O)(=O)c3ccc(C)c(F)c3)CC1)=Nc1cc(C(F)(F)F)ccc1O2. The molecule has 7 nitrogen and oxygen atoms in total. The summed E-state index contributed by atoms with van der Waals surface area (Å²) in [4.78, 5) is 6.21. The van der Waals surface area contributed by atoms with Crippen LogP contribution in [0.25, 0.3) is 0 Å². The Balaban J connectivity index is 1.49. The van der Waals surface area contributed by atoms with E-state index in [9.17, 15) is 26.0 Å². The molecule has 38 heavy (non-hydrogen) atoms. The number of alkyl halides is 3. The fraction of sp³-hybridized carbons (Fsp3) is 0.269. The molecule has 0 unspecified atom stereocenters. The van der Waals surface area contributed by atoms with Gasteiger partial charge in [-0.15, -0.1) is 0 Å². The van der Waals surface area contributed by atoms with Crippen LogP contribution < -0.4 is 9.47 Å². The molecule has 2 heterocycles. The van der Waals surface area contributed by atoms with Gasteiger partial charge in [0.1, 0.15) is 28.8 Å². The van der Waals surface area contributed by atoms with Gasteiger partial charge in [0, 0.05) is 26.2 Å². The van der Waals surface area contributed by atoms with Crippen molar-refractivity contribution in [2.24, 2.45) is 4.99 Å². The van der Waals surface area contributed by atoms with Crippen LogP contribution in [0.1, 0.15) is 16.7 Å². The largest absolute Gasteiger partial charge is 0.497 e. The zero-order valence-electron chi connectivity index (χ0n) is 20.4. The molecule has 2 aliphatic heterocycles. The number of methoxy groups -OCH3 is 1. The van der Waals surface area contributed by atoms with Crippen LogP contribution in [0.15, 0.2) is 64.5 Å². The summed E-state index contributed by atoms with van der Waals surface area (Å²) >= 11 is 0. The van der Waals surface area contributed by atoms with Gasteiger partial charge in [-0.2, -0.15) is 17.5 Å². The first-order valence-electron chi connectivity index (χ1n) is 11.6. The highest BCUT2D eigenvalue weighted by Crippen LogP contribution is 2.42. The number of nitrogens with zero attached hydrogens (tertiary/aromatic N) is 3. The van der Waals surface area contributed by atoms with E-state index in [1.807, 2.05) is 0 Å². The van der Waals surface area contributed by atoms with Crippen LogP contribution in [0.4, 0.5) is 23.2 Å². The van der Waals surface area contributed by atoms with Crippen molar-refractivity contribution in [1.29, 1.82) is 0 Å². The van der Waals surface area contributed by atoms with Gasteiger partial charge in [-0.25, -0.2) is 17.8 Å². The Morgan fingerprint density at radius 2 is 1.66 bits per heavy atom. The number of piperazine rings is 1. The third-order valence-corrected chi connectivity index (χ3v) is 8.37. The lowest BCUT2D eigenvalue weighted by Gasteiger charge is -2.36. The summed E-state index contributed by atoms with van der Waals surface area (Å²) in [5, 5.41) is 0.